The molecule has 0 saturated heterocycles. The number of methoxy groups -OCH3 is 2. The molecule has 1 saturated carbocycles. The van der Waals surface area contributed by atoms with Crippen molar-refractivity contribution in [2.24, 2.45) is 11.3 Å². The van der Waals surface area contributed by atoms with Crippen LogP contribution in [0.1, 0.15) is 67.5 Å². The van der Waals surface area contributed by atoms with Gasteiger partial charge in [0.25, 0.3) is 0 Å². The van der Waals surface area contributed by atoms with E-state index >= 15 is 4.39 Å². The maximum Gasteiger partial charge on any atom is 0.307 e. The molecule has 41 heavy (non-hydrogen) atoms. The van der Waals surface area contributed by atoms with Crippen LogP contribution in [-0.2, 0) is 32.7 Å². The predicted molar refractivity (Wildman–Crippen MR) is 151 cm³/mol. The van der Waals surface area contributed by atoms with E-state index in [4.69, 9.17) is 14.2 Å². The minimum atomic E-state index is -0.990. The molecule has 220 valence electrons. The van der Waals surface area contributed by atoms with Gasteiger partial charge in [-0.25, -0.2) is 13.2 Å². The topological polar surface area (TPSA) is 65.0 Å². The molecule has 0 unspecified atom stereocenters. The number of carboxylic acids is 1. The number of allylic oxidation sites excluding steroid dienone is 4. The zero-order chi connectivity index (χ0) is 30.1. The Labute approximate surface area is 239 Å². The summed E-state index contributed by atoms with van der Waals surface area (Å²) in [4.78, 5) is 11.6. The normalized spacial score (nSPS) is 20.8. The number of alkyl halides is 1. The Morgan fingerprint density at radius 2 is 1.98 bits per heavy atom. The molecule has 0 bridgehead atoms. The third-order valence-corrected chi connectivity index (χ3v) is 8.06. The molecule has 8 heteroatoms. The summed E-state index contributed by atoms with van der Waals surface area (Å²) in [6, 6.07) is 6.61. The van der Waals surface area contributed by atoms with E-state index in [1.54, 1.807) is 13.2 Å². The van der Waals surface area contributed by atoms with Crippen LogP contribution in [0.5, 0.6) is 5.75 Å². The molecule has 4 rings (SSSR count). The Hall–Kier alpha value is -3.52. The van der Waals surface area contributed by atoms with Gasteiger partial charge in [-0.15, -0.1) is 0 Å². The molecule has 1 fully saturated rings. The maximum absolute atomic E-state index is 15.7. The van der Waals surface area contributed by atoms with Crippen molar-refractivity contribution < 1.29 is 37.3 Å². The van der Waals surface area contributed by atoms with E-state index in [9.17, 15) is 18.7 Å². The van der Waals surface area contributed by atoms with Gasteiger partial charge in [0, 0.05) is 24.2 Å². The van der Waals surface area contributed by atoms with Crippen molar-refractivity contribution >= 4 is 11.5 Å². The van der Waals surface area contributed by atoms with Gasteiger partial charge in [0.2, 0.25) is 0 Å². The van der Waals surface area contributed by atoms with E-state index in [-0.39, 0.29) is 35.0 Å². The van der Waals surface area contributed by atoms with Gasteiger partial charge in [-0.05, 0) is 70.7 Å². The molecule has 2 aromatic rings. The quantitative estimate of drug-likeness (QED) is 0.222. The largest absolute Gasteiger partial charge is 0.497 e. The molecule has 0 heterocycles. The summed E-state index contributed by atoms with van der Waals surface area (Å²) in [5.74, 6) is -2.76. The lowest BCUT2D eigenvalue weighted by atomic mass is 9.81. The molecule has 0 aliphatic heterocycles. The smallest absolute Gasteiger partial charge is 0.307 e. The van der Waals surface area contributed by atoms with Crippen molar-refractivity contribution in [3.63, 3.8) is 0 Å². The zero-order valence-corrected chi connectivity index (χ0v) is 24.2. The fraction of sp³-hybridized carbons (Fsp3) is 0.424. The minimum Gasteiger partial charge on any atom is -0.497 e. The highest BCUT2D eigenvalue weighted by molar-refractivity contribution is 5.78. The lowest BCUT2D eigenvalue weighted by Gasteiger charge is -2.32. The van der Waals surface area contributed by atoms with Gasteiger partial charge in [0.05, 0.1) is 19.1 Å². The van der Waals surface area contributed by atoms with Gasteiger partial charge >= 0.3 is 5.97 Å². The highest BCUT2D eigenvalue weighted by atomic mass is 19.1. The molecular formula is C33H37F3O5. The van der Waals surface area contributed by atoms with Crippen molar-refractivity contribution in [3.05, 3.63) is 94.3 Å². The van der Waals surface area contributed by atoms with E-state index in [1.165, 1.54) is 19.3 Å². The van der Waals surface area contributed by atoms with Gasteiger partial charge in [0.15, 0.2) is 11.6 Å². The van der Waals surface area contributed by atoms with E-state index in [0.717, 1.165) is 17.2 Å². The van der Waals surface area contributed by atoms with E-state index in [2.05, 4.69) is 6.58 Å². The van der Waals surface area contributed by atoms with E-state index in [0.29, 0.717) is 36.2 Å². The standard InChI is InChI=1S/C33H37F3O5/c1-19(14-21(39-5)8-7-13-34)22-10-9-20(15-24(22)30(40-6)32(2,3)4)18-41-27-16-26(35)23-11-12-33(28(23)29(27)36)17-25(33)31(37)38/h7-10,14-16,25,30H,1,11-13,17-18H2,2-6H3,(H,37,38)/b8-7-,21-14+/t25-,30+,33+/m1/s1. The zero-order valence-electron chi connectivity index (χ0n) is 24.2. The average Bonchev–Trinajstić information content (AvgIpc) is 3.52. The average molecular weight is 571 g/mol. The van der Waals surface area contributed by atoms with Gasteiger partial charge in [-0.1, -0.05) is 45.6 Å². The summed E-state index contributed by atoms with van der Waals surface area (Å²) in [6.07, 6.45) is 5.25. The fourth-order valence-corrected chi connectivity index (χ4v) is 6.07. The molecule has 3 atom stereocenters. The molecule has 0 amide bonds. The van der Waals surface area contributed by atoms with Gasteiger partial charge < -0.3 is 19.3 Å². The Kier molecular flexibility index (Phi) is 8.73. The lowest BCUT2D eigenvalue weighted by molar-refractivity contribution is -0.139. The predicted octanol–water partition coefficient (Wildman–Crippen LogP) is 7.64. The van der Waals surface area contributed by atoms with E-state index in [1.807, 2.05) is 39.0 Å². The second kappa shape index (κ2) is 11.8. The van der Waals surface area contributed by atoms with Crippen molar-refractivity contribution in [1.82, 2.24) is 0 Å². The first-order chi connectivity index (χ1) is 19.4. The monoisotopic (exact) mass is 570 g/mol. The van der Waals surface area contributed by atoms with Crippen LogP contribution in [-0.4, -0.2) is 32.0 Å². The summed E-state index contributed by atoms with van der Waals surface area (Å²) in [5, 5.41) is 9.50. The highest BCUT2D eigenvalue weighted by Crippen LogP contribution is 2.63. The fourth-order valence-electron chi connectivity index (χ4n) is 6.07. The van der Waals surface area contributed by atoms with Crippen LogP contribution in [0.2, 0.25) is 0 Å². The number of ether oxygens (including phenoxy) is 3. The van der Waals surface area contributed by atoms with Crippen LogP contribution in [0.25, 0.3) is 5.57 Å². The van der Waals surface area contributed by atoms with Gasteiger partial charge in [0.1, 0.15) is 24.9 Å². The molecular weight excluding hydrogens is 533 g/mol. The summed E-state index contributed by atoms with van der Waals surface area (Å²) >= 11 is 0. The number of carbonyl (C=O) groups is 1. The summed E-state index contributed by atoms with van der Waals surface area (Å²) in [6.45, 7) is 9.63. The SMILES string of the molecule is C=C(/C=C(\C=C/CF)OC)c1ccc(COc2cc(F)c3c(c2F)[C@@]2(CC3)C[C@@H]2C(=O)O)cc1[C@H](OC)C(C)(C)C. The van der Waals surface area contributed by atoms with Crippen LogP contribution < -0.4 is 4.74 Å². The number of hydrogen-bond donors (Lipinski definition) is 1. The summed E-state index contributed by atoms with van der Waals surface area (Å²) < 4.78 is 60.4. The first-order valence-corrected chi connectivity index (χ1v) is 13.6. The molecule has 5 nitrogen and oxygen atoms in total. The van der Waals surface area contributed by atoms with Crippen molar-refractivity contribution in [3.8, 4) is 5.75 Å². The van der Waals surface area contributed by atoms with Crippen molar-refractivity contribution in [1.29, 1.82) is 0 Å². The molecule has 2 aromatic carbocycles. The van der Waals surface area contributed by atoms with Crippen LogP contribution in [0.3, 0.4) is 0 Å². The first-order valence-electron chi connectivity index (χ1n) is 13.6. The molecule has 1 N–H and O–H groups in total. The van der Waals surface area contributed by atoms with Crippen LogP contribution >= 0.6 is 0 Å². The maximum atomic E-state index is 15.7. The lowest BCUT2D eigenvalue weighted by Crippen LogP contribution is -2.21. The van der Waals surface area contributed by atoms with Crippen molar-refractivity contribution in [2.75, 3.05) is 20.9 Å². The number of fused-ring (bicyclic) bond motifs is 2. The van der Waals surface area contributed by atoms with Crippen molar-refractivity contribution in [2.45, 2.75) is 58.2 Å². The molecule has 0 radical (unpaired) electrons. The number of aliphatic carboxylic acids is 1. The summed E-state index contributed by atoms with van der Waals surface area (Å²) in [7, 11) is 3.11. The Balaban J connectivity index is 1.67. The van der Waals surface area contributed by atoms with E-state index < -0.39 is 35.6 Å². The third kappa shape index (κ3) is 5.94. The minimum absolute atomic E-state index is 0.0523. The molecule has 1 spiro atoms. The Bertz CT molecular complexity index is 1400. The van der Waals surface area contributed by atoms with Crippen LogP contribution in [0.4, 0.5) is 13.2 Å². The van der Waals surface area contributed by atoms with Gasteiger partial charge in [-0.2, -0.15) is 0 Å². The Morgan fingerprint density at radius 3 is 2.56 bits per heavy atom. The number of rotatable bonds is 11. The second-order valence-corrected chi connectivity index (χ2v) is 11.8. The molecule has 2 aliphatic carbocycles. The van der Waals surface area contributed by atoms with Crippen LogP contribution in [0.15, 0.2) is 54.8 Å². The van der Waals surface area contributed by atoms with Crippen LogP contribution in [0, 0.1) is 23.0 Å². The third-order valence-electron chi connectivity index (χ3n) is 8.06. The molecule has 0 aromatic heterocycles. The number of carboxylic acid groups (broad SMARTS) is 1. The second-order valence-electron chi connectivity index (χ2n) is 11.8. The number of benzene rings is 2. The number of halogens is 3. The Morgan fingerprint density at radius 1 is 1.24 bits per heavy atom. The van der Waals surface area contributed by atoms with Gasteiger partial charge in [-0.3, -0.25) is 4.79 Å². The summed E-state index contributed by atoms with van der Waals surface area (Å²) in [5.41, 5.74) is 2.16. The highest BCUT2D eigenvalue weighted by Gasteiger charge is 2.63. The number of hydrogen-bond acceptors (Lipinski definition) is 4. The first kappa shape index (κ1) is 30.4. The molecule has 2 aliphatic rings.